The number of aromatic nitrogens is 2. The SMILES string of the molecule is COc1ccc(CCNCc2nnc(-c3ccc(OC)c(OC)c3)o2)cc1. The van der Waals surface area contributed by atoms with Gasteiger partial charge in [-0.2, -0.15) is 0 Å². The van der Waals surface area contributed by atoms with E-state index in [0.29, 0.717) is 29.8 Å². The Morgan fingerprint density at radius 3 is 2.37 bits per heavy atom. The van der Waals surface area contributed by atoms with Crippen molar-refractivity contribution in [1.82, 2.24) is 15.5 Å². The summed E-state index contributed by atoms with van der Waals surface area (Å²) < 4.78 is 21.4. The highest BCUT2D eigenvalue weighted by atomic mass is 16.5. The van der Waals surface area contributed by atoms with E-state index in [2.05, 4.69) is 27.6 Å². The van der Waals surface area contributed by atoms with Gasteiger partial charge in [0.25, 0.3) is 0 Å². The van der Waals surface area contributed by atoms with Gasteiger partial charge in [-0.15, -0.1) is 10.2 Å². The Balaban J connectivity index is 1.53. The highest BCUT2D eigenvalue weighted by Crippen LogP contribution is 2.31. The number of nitrogens with zero attached hydrogens (tertiary/aromatic N) is 2. The predicted octanol–water partition coefficient (Wildman–Crippen LogP) is 3.09. The number of methoxy groups -OCH3 is 3. The van der Waals surface area contributed by atoms with Crippen LogP contribution in [0.4, 0.5) is 0 Å². The highest BCUT2D eigenvalue weighted by Gasteiger charge is 2.12. The van der Waals surface area contributed by atoms with Crippen molar-refractivity contribution in [1.29, 1.82) is 0 Å². The molecule has 0 spiro atoms. The number of benzene rings is 2. The lowest BCUT2D eigenvalue weighted by molar-refractivity contribution is 0.355. The lowest BCUT2D eigenvalue weighted by atomic mass is 10.1. The van der Waals surface area contributed by atoms with Crippen LogP contribution in [0, 0.1) is 0 Å². The van der Waals surface area contributed by atoms with Crippen molar-refractivity contribution in [3.8, 4) is 28.7 Å². The molecule has 0 atom stereocenters. The first kappa shape index (κ1) is 18.7. The summed E-state index contributed by atoms with van der Waals surface area (Å²) in [6, 6.07) is 13.5. The Labute approximate surface area is 158 Å². The first-order valence-electron chi connectivity index (χ1n) is 8.62. The normalized spacial score (nSPS) is 10.6. The van der Waals surface area contributed by atoms with Crippen LogP contribution in [0.2, 0.25) is 0 Å². The molecule has 0 amide bonds. The standard InChI is InChI=1S/C20H23N3O4/c1-24-16-7-4-14(5-8-16)10-11-21-13-19-22-23-20(27-19)15-6-9-17(25-2)18(12-15)26-3/h4-9,12,21H,10-11,13H2,1-3H3. The fourth-order valence-electron chi connectivity index (χ4n) is 2.63. The van der Waals surface area contributed by atoms with Gasteiger partial charge in [0.15, 0.2) is 11.5 Å². The molecule has 7 nitrogen and oxygen atoms in total. The van der Waals surface area contributed by atoms with E-state index in [9.17, 15) is 0 Å². The number of hydrogen-bond acceptors (Lipinski definition) is 7. The van der Waals surface area contributed by atoms with Gasteiger partial charge in [0.05, 0.1) is 27.9 Å². The minimum atomic E-state index is 0.447. The number of ether oxygens (including phenoxy) is 3. The summed E-state index contributed by atoms with van der Waals surface area (Å²) in [5.74, 6) is 3.12. The van der Waals surface area contributed by atoms with Crippen molar-refractivity contribution in [2.24, 2.45) is 0 Å². The van der Waals surface area contributed by atoms with Crippen LogP contribution in [0.1, 0.15) is 11.5 Å². The molecule has 2 aromatic carbocycles. The van der Waals surface area contributed by atoms with Crippen LogP contribution in [0.5, 0.6) is 17.2 Å². The van der Waals surface area contributed by atoms with E-state index in [1.54, 1.807) is 21.3 Å². The zero-order valence-corrected chi connectivity index (χ0v) is 15.7. The fourth-order valence-corrected chi connectivity index (χ4v) is 2.63. The van der Waals surface area contributed by atoms with Crippen molar-refractivity contribution in [3.63, 3.8) is 0 Å². The van der Waals surface area contributed by atoms with Crippen LogP contribution in [-0.4, -0.2) is 38.1 Å². The van der Waals surface area contributed by atoms with Crippen molar-refractivity contribution < 1.29 is 18.6 Å². The van der Waals surface area contributed by atoms with Crippen molar-refractivity contribution >= 4 is 0 Å². The average Bonchev–Trinajstić information content (AvgIpc) is 3.20. The molecular weight excluding hydrogens is 346 g/mol. The topological polar surface area (TPSA) is 78.6 Å². The van der Waals surface area contributed by atoms with Crippen LogP contribution < -0.4 is 19.5 Å². The lowest BCUT2D eigenvalue weighted by Gasteiger charge is -2.07. The van der Waals surface area contributed by atoms with Crippen LogP contribution in [-0.2, 0) is 13.0 Å². The van der Waals surface area contributed by atoms with Gasteiger partial charge in [-0.1, -0.05) is 12.1 Å². The van der Waals surface area contributed by atoms with E-state index in [0.717, 1.165) is 24.3 Å². The van der Waals surface area contributed by atoms with Gasteiger partial charge >= 0.3 is 0 Å². The van der Waals surface area contributed by atoms with Crippen molar-refractivity contribution in [2.75, 3.05) is 27.9 Å². The second kappa shape index (κ2) is 9.05. The van der Waals surface area contributed by atoms with Crippen LogP contribution in [0.15, 0.2) is 46.9 Å². The molecule has 0 bridgehead atoms. The fraction of sp³-hybridized carbons (Fsp3) is 0.300. The molecule has 142 valence electrons. The molecule has 0 radical (unpaired) electrons. The second-order valence-corrected chi connectivity index (χ2v) is 5.85. The molecule has 3 rings (SSSR count). The molecule has 0 saturated carbocycles. The summed E-state index contributed by atoms with van der Waals surface area (Å²) in [6.07, 6.45) is 0.903. The molecule has 0 saturated heterocycles. The van der Waals surface area contributed by atoms with E-state index >= 15 is 0 Å². The highest BCUT2D eigenvalue weighted by molar-refractivity contribution is 5.59. The number of nitrogens with one attached hydrogen (secondary N) is 1. The first-order valence-corrected chi connectivity index (χ1v) is 8.62. The molecule has 3 aromatic rings. The molecule has 0 aliphatic carbocycles. The Morgan fingerprint density at radius 2 is 1.67 bits per heavy atom. The molecule has 1 aromatic heterocycles. The van der Waals surface area contributed by atoms with Gasteiger partial charge in [0, 0.05) is 5.56 Å². The Hall–Kier alpha value is -3.06. The molecule has 1 heterocycles. The monoisotopic (exact) mass is 369 g/mol. The predicted molar refractivity (Wildman–Crippen MR) is 101 cm³/mol. The van der Waals surface area contributed by atoms with Crippen LogP contribution in [0.25, 0.3) is 11.5 Å². The van der Waals surface area contributed by atoms with E-state index in [1.165, 1.54) is 5.56 Å². The maximum atomic E-state index is 5.73. The molecule has 0 aliphatic rings. The average molecular weight is 369 g/mol. The minimum Gasteiger partial charge on any atom is -0.497 e. The van der Waals surface area contributed by atoms with Crippen molar-refractivity contribution in [3.05, 3.63) is 53.9 Å². The maximum Gasteiger partial charge on any atom is 0.247 e. The summed E-state index contributed by atoms with van der Waals surface area (Å²) in [5.41, 5.74) is 2.02. The maximum absolute atomic E-state index is 5.73. The third-order valence-electron chi connectivity index (χ3n) is 4.12. The molecular formula is C20H23N3O4. The lowest BCUT2D eigenvalue weighted by Crippen LogP contribution is -2.16. The zero-order valence-electron chi connectivity index (χ0n) is 15.7. The van der Waals surface area contributed by atoms with Crippen molar-refractivity contribution in [2.45, 2.75) is 13.0 Å². The molecule has 1 N–H and O–H groups in total. The summed E-state index contributed by atoms with van der Waals surface area (Å²) in [6.45, 7) is 1.32. The van der Waals surface area contributed by atoms with Gasteiger partial charge < -0.3 is 23.9 Å². The molecule has 7 heteroatoms. The van der Waals surface area contributed by atoms with Crippen LogP contribution in [0.3, 0.4) is 0 Å². The molecule has 0 fully saturated rings. The van der Waals surface area contributed by atoms with E-state index in [-0.39, 0.29) is 0 Å². The van der Waals surface area contributed by atoms with Crippen LogP contribution >= 0.6 is 0 Å². The van der Waals surface area contributed by atoms with E-state index in [1.807, 2.05) is 30.3 Å². The van der Waals surface area contributed by atoms with Gasteiger partial charge in [0.1, 0.15) is 5.75 Å². The van der Waals surface area contributed by atoms with Gasteiger partial charge in [-0.05, 0) is 48.9 Å². The summed E-state index contributed by atoms with van der Waals surface area (Å²) in [7, 11) is 4.85. The van der Waals surface area contributed by atoms with Gasteiger partial charge in [0.2, 0.25) is 11.8 Å². The molecule has 0 aliphatic heterocycles. The Kier molecular flexibility index (Phi) is 6.27. The summed E-state index contributed by atoms with van der Waals surface area (Å²) in [4.78, 5) is 0. The number of rotatable bonds is 9. The summed E-state index contributed by atoms with van der Waals surface area (Å²) >= 11 is 0. The Bertz CT molecular complexity index is 862. The number of hydrogen-bond donors (Lipinski definition) is 1. The molecule has 27 heavy (non-hydrogen) atoms. The van der Waals surface area contributed by atoms with E-state index in [4.69, 9.17) is 18.6 Å². The third-order valence-corrected chi connectivity index (χ3v) is 4.12. The minimum absolute atomic E-state index is 0.447. The Morgan fingerprint density at radius 1 is 0.889 bits per heavy atom. The van der Waals surface area contributed by atoms with Gasteiger partial charge in [-0.25, -0.2) is 0 Å². The first-order chi connectivity index (χ1) is 13.2. The quantitative estimate of drug-likeness (QED) is 0.581. The largest absolute Gasteiger partial charge is 0.497 e. The second-order valence-electron chi connectivity index (χ2n) is 5.85. The molecule has 0 unspecified atom stereocenters. The van der Waals surface area contributed by atoms with E-state index < -0.39 is 0 Å². The zero-order chi connectivity index (χ0) is 19.1. The smallest absolute Gasteiger partial charge is 0.247 e. The summed E-state index contributed by atoms with van der Waals surface area (Å²) in [5, 5.41) is 11.5. The third kappa shape index (κ3) is 4.77. The van der Waals surface area contributed by atoms with Gasteiger partial charge in [-0.3, -0.25) is 0 Å².